The van der Waals surface area contributed by atoms with E-state index in [1.165, 1.54) is 24.1 Å². The lowest BCUT2D eigenvalue weighted by molar-refractivity contribution is 0.716. The van der Waals surface area contributed by atoms with E-state index in [1.807, 2.05) is 16.9 Å². The van der Waals surface area contributed by atoms with E-state index in [2.05, 4.69) is 41.4 Å². The predicted octanol–water partition coefficient (Wildman–Crippen LogP) is 2.56. The third kappa shape index (κ3) is 2.68. The van der Waals surface area contributed by atoms with Gasteiger partial charge in [0.2, 0.25) is 0 Å². The molecule has 0 atom stereocenters. The Hall–Kier alpha value is -1.68. The summed E-state index contributed by atoms with van der Waals surface area (Å²) < 4.78 is 1.89. The van der Waals surface area contributed by atoms with E-state index in [4.69, 9.17) is 0 Å². The highest BCUT2D eigenvalue weighted by molar-refractivity contribution is 5.30. The average Bonchev–Trinajstić information content (AvgIpc) is 3.15. The molecule has 4 heteroatoms. The molecule has 0 spiro atoms. The largest absolute Gasteiger partial charge is 0.313 e. The van der Waals surface area contributed by atoms with E-state index in [9.17, 15) is 0 Å². The summed E-state index contributed by atoms with van der Waals surface area (Å²) in [5, 5.41) is 7.94. The first-order chi connectivity index (χ1) is 9.28. The van der Waals surface area contributed by atoms with Gasteiger partial charge >= 0.3 is 0 Å². The molecule has 1 aliphatic rings. The average molecular weight is 256 g/mol. The molecule has 4 nitrogen and oxygen atoms in total. The van der Waals surface area contributed by atoms with Crippen molar-refractivity contribution >= 4 is 0 Å². The van der Waals surface area contributed by atoms with Crippen LogP contribution in [0.5, 0.6) is 0 Å². The summed E-state index contributed by atoms with van der Waals surface area (Å²) in [5.41, 5.74) is 3.53. The minimum Gasteiger partial charge on any atom is -0.313 e. The molecule has 0 saturated heterocycles. The van der Waals surface area contributed by atoms with Crippen LogP contribution in [0.3, 0.4) is 0 Å². The van der Waals surface area contributed by atoms with Gasteiger partial charge in [0, 0.05) is 24.4 Å². The van der Waals surface area contributed by atoms with Crippen molar-refractivity contribution in [3.05, 3.63) is 41.3 Å². The lowest BCUT2D eigenvalue weighted by atomic mass is 10.2. The molecule has 0 aromatic carbocycles. The van der Waals surface area contributed by atoms with Crippen LogP contribution in [0.25, 0.3) is 5.82 Å². The number of hydrogen-bond donors (Lipinski definition) is 1. The van der Waals surface area contributed by atoms with Crippen molar-refractivity contribution in [1.82, 2.24) is 20.1 Å². The third-order valence-electron chi connectivity index (χ3n) is 3.59. The fourth-order valence-electron chi connectivity index (χ4n) is 2.21. The second-order valence-electron chi connectivity index (χ2n) is 5.15. The van der Waals surface area contributed by atoms with Crippen LogP contribution in [0.2, 0.25) is 0 Å². The van der Waals surface area contributed by atoms with Gasteiger partial charge in [-0.25, -0.2) is 9.67 Å². The monoisotopic (exact) mass is 256 g/mol. The van der Waals surface area contributed by atoms with E-state index in [-0.39, 0.29) is 0 Å². The summed E-state index contributed by atoms with van der Waals surface area (Å²) >= 11 is 0. The van der Waals surface area contributed by atoms with Crippen LogP contribution in [0.4, 0.5) is 0 Å². The van der Waals surface area contributed by atoms with Gasteiger partial charge in [-0.1, -0.05) is 13.0 Å². The van der Waals surface area contributed by atoms with E-state index >= 15 is 0 Å². The number of aromatic nitrogens is 3. The van der Waals surface area contributed by atoms with E-state index in [0.29, 0.717) is 5.92 Å². The summed E-state index contributed by atoms with van der Waals surface area (Å²) in [5.74, 6) is 1.60. The first kappa shape index (κ1) is 12.4. The summed E-state index contributed by atoms with van der Waals surface area (Å²) in [6.07, 6.45) is 4.58. The number of nitrogens with zero attached hydrogens (tertiary/aromatic N) is 3. The molecule has 1 saturated carbocycles. The maximum atomic E-state index is 4.65. The summed E-state index contributed by atoms with van der Waals surface area (Å²) in [6, 6.07) is 6.30. The van der Waals surface area contributed by atoms with E-state index < -0.39 is 0 Å². The zero-order valence-electron chi connectivity index (χ0n) is 11.6. The molecule has 0 aliphatic heterocycles. The fourth-order valence-corrected chi connectivity index (χ4v) is 2.21. The van der Waals surface area contributed by atoms with Crippen LogP contribution in [-0.4, -0.2) is 21.3 Å². The zero-order valence-corrected chi connectivity index (χ0v) is 11.6. The van der Waals surface area contributed by atoms with Crippen LogP contribution in [-0.2, 0) is 6.54 Å². The summed E-state index contributed by atoms with van der Waals surface area (Å²) in [4.78, 5) is 4.65. The van der Waals surface area contributed by atoms with Crippen LogP contribution in [0.15, 0.2) is 24.4 Å². The SMILES string of the molecule is CCNCc1ccc(-n2ccc(C3CC3)n2)nc1C. The summed E-state index contributed by atoms with van der Waals surface area (Å²) in [7, 11) is 0. The highest BCUT2D eigenvalue weighted by Crippen LogP contribution is 2.38. The molecule has 0 bridgehead atoms. The number of aryl methyl sites for hydroxylation is 1. The Bertz CT molecular complexity index is 569. The van der Waals surface area contributed by atoms with Crippen LogP contribution in [0.1, 0.15) is 42.6 Å². The van der Waals surface area contributed by atoms with Gasteiger partial charge in [-0.05, 0) is 44.0 Å². The van der Waals surface area contributed by atoms with Crippen molar-refractivity contribution in [2.24, 2.45) is 0 Å². The highest BCUT2D eigenvalue weighted by atomic mass is 15.3. The van der Waals surface area contributed by atoms with Crippen molar-refractivity contribution in [3.63, 3.8) is 0 Å². The molecule has 0 unspecified atom stereocenters. The second kappa shape index (κ2) is 5.13. The molecule has 2 aromatic heterocycles. The van der Waals surface area contributed by atoms with Gasteiger partial charge in [-0.15, -0.1) is 0 Å². The smallest absolute Gasteiger partial charge is 0.153 e. The normalized spacial score (nSPS) is 14.8. The molecule has 100 valence electrons. The zero-order chi connectivity index (χ0) is 13.2. The molecule has 1 fully saturated rings. The maximum absolute atomic E-state index is 4.65. The molecular formula is C15H20N4. The molecule has 1 N–H and O–H groups in total. The van der Waals surface area contributed by atoms with Crippen LogP contribution >= 0.6 is 0 Å². The number of nitrogens with one attached hydrogen (secondary N) is 1. The van der Waals surface area contributed by atoms with Gasteiger partial charge < -0.3 is 5.32 Å². The molecule has 2 aromatic rings. The Morgan fingerprint density at radius 1 is 1.32 bits per heavy atom. The predicted molar refractivity (Wildman–Crippen MR) is 75.5 cm³/mol. The number of pyridine rings is 1. The second-order valence-corrected chi connectivity index (χ2v) is 5.15. The number of rotatable bonds is 5. The van der Waals surface area contributed by atoms with Crippen LogP contribution < -0.4 is 5.32 Å². The molecule has 0 radical (unpaired) electrons. The van der Waals surface area contributed by atoms with Crippen molar-refractivity contribution in [2.45, 2.75) is 39.2 Å². The minimum atomic E-state index is 0.690. The van der Waals surface area contributed by atoms with Gasteiger partial charge in [0.25, 0.3) is 0 Å². The van der Waals surface area contributed by atoms with Gasteiger partial charge in [0.15, 0.2) is 5.82 Å². The molecule has 19 heavy (non-hydrogen) atoms. The lowest BCUT2D eigenvalue weighted by Crippen LogP contribution is -2.13. The standard InChI is InChI=1S/C15H20N4/c1-3-16-10-13-6-7-15(17-11(13)2)19-9-8-14(18-19)12-4-5-12/h6-9,12,16H,3-5,10H2,1-2H3. The molecule has 2 heterocycles. The van der Waals surface area contributed by atoms with E-state index in [0.717, 1.165) is 24.6 Å². The van der Waals surface area contributed by atoms with Crippen molar-refractivity contribution in [2.75, 3.05) is 6.54 Å². The molecule has 0 amide bonds. The van der Waals surface area contributed by atoms with Crippen molar-refractivity contribution in [3.8, 4) is 5.82 Å². The fraction of sp³-hybridized carbons (Fsp3) is 0.467. The Kier molecular flexibility index (Phi) is 3.34. The quantitative estimate of drug-likeness (QED) is 0.894. The van der Waals surface area contributed by atoms with Gasteiger partial charge in [-0.3, -0.25) is 0 Å². The third-order valence-corrected chi connectivity index (χ3v) is 3.59. The van der Waals surface area contributed by atoms with Gasteiger partial charge in [0.1, 0.15) is 0 Å². The Labute approximate surface area is 113 Å². The Morgan fingerprint density at radius 2 is 2.16 bits per heavy atom. The highest BCUT2D eigenvalue weighted by Gasteiger charge is 2.25. The van der Waals surface area contributed by atoms with Crippen molar-refractivity contribution < 1.29 is 0 Å². The van der Waals surface area contributed by atoms with Gasteiger partial charge in [-0.2, -0.15) is 5.10 Å². The van der Waals surface area contributed by atoms with Gasteiger partial charge in [0.05, 0.1) is 5.69 Å². The Balaban J connectivity index is 1.81. The first-order valence-electron chi connectivity index (χ1n) is 7.01. The lowest BCUT2D eigenvalue weighted by Gasteiger charge is -2.08. The summed E-state index contributed by atoms with van der Waals surface area (Å²) in [6.45, 7) is 6.02. The van der Waals surface area contributed by atoms with Crippen LogP contribution in [0, 0.1) is 6.92 Å². The molecular weight excluding hydrogens is 236 g/mol. The topological polar surface area (TPSA) is 42.7 Å². The number of hydrogen-bond acceptors (Lipinski definition) is 3. The Morgan fingerprint density at radius 3 is 2.84 bits per heavy atom. The molecule has 1 aliphatic carbocycles. The maximum Gasteiger partial charge on any atom is 0.153 e. The van der Waals surface area contributed by atoms with Crippen molar-refractivity contribution in [1.29, 1.82) is 0 Å². The molecule has 3 rings (SSSR count). The first-order valence-corrected chi connectivity index (χ1v) is 7.01. The minimum absolute atomic E-state index is 0.690. The van der Waals surface area contributed by atoms with E-state index in [1.54, 1.807) is 0 Å².